The summed E-state index contributed by atoms with van der Waals surface area (Å²) in [4.78, 5) is 25.8. The third-order valence-corrected chi connectivity index (χ3v) is 10.5. The molecule has 0 aromatic heterocycles. The molecular formula is C36H32BBrCl2F2N2O6S2. The first-order valence-corrected chi connectivity index (χ1v) is 19.0. The Morgan fingerprint density at radius 1 is 0.731 bits per heavy atom. The van der Waals surface area contributed by atoms with E-state index in [0.29, 0.717) is 56.4 Å². The summed E-state index contributed by atoms with van der Waals surface area (Å²) in [7, 11) is -1.78. The van der Waals surface area contributed by atoms with Crippen LogP contribution in [0.15, 0.2) is 111 Å². The van der Waals surface area contributed by atoms with Gasteiger partial charge in [0.15, 0.2) is 0 Å². The molecule has 0 fully saturated rings. The van der Waals surface area contributed by atoms with Crippen LogP contribution in [-0.2, 0) is 19.1 Å². The summed E-state index contributed by atoms with van der Waals surface area (Å²) in [6.07, 6.45) is 0. The molecule has 4 aromatic rings. The first-order chi connectivity index (χ1) is 24.8. The van der Waals surface area contributed by atoms with Gasteiger partial charge in [-0.3, -0.25) is 9.59 Å². The Morgan fingerprint density at radius 2 is 1.23 bits per heavy atom. The Morgan fingerprint density at radius 3 is 1.75 bits per heavy atom. The van der Waals surface area contributed by atoms with E-state index in [-0.39, 0.29) is 22.3 Å². The van der Waals surface area contributed by atoms with Crippen LogP contribution in [0.4, 0.5) is 20.2 Å². The van der Waals surface area contributed by atoms with Gasteiger partial charge in [0, 0.05) is 48.3 Å². The van der Waals surface area contributed by atoms with Gasteiger partial charge in [-0.1, -0.05) is 59.6 Å². The number of halogens is 5. The van der Waals surface area contributed by atoms with Crippen molar-refractivity contribution in [1.82, 2.24) is 0 Å². The van der Waals surface area contributed by atoms with Gasteiger partial charge >= 0.3 is 7.12 Å². The Hall–Kier alpha value is -3.50. The highest BCUT2D eigenvalue weighted by Crippen LogP contribution is 2.33. The summed E-state index contributed by atoms with van der Waals surface area (Å²) in [5.41, 5.74) is 2.11. The number of para-hydroxylation sites is 2. The number of hydrogen-bond donors (Lipinski definition) is 4. The van der Waals surface area contributed by atoms with Gasteiger partial charge in [-0.2, -0.15) is 0 Å². The minimum Gasteiger partial charge on any atom is -0.496 e. The lowest BCUT2D eigenvalue weighted by atomic mass is 9.80. The molecule has 0 unspecified atom stereocenters. The van der Waals surface area contributed by atoms with Crippen LogP contribution in [0.3, 0.4) is 0 Å². The number of thioether (sulfide) groups is 2. The van der Waals surface area contributed by atoms with Crippen molar-refractivity contribution in [3.63, 3.8) is 0 Å². The average Bonchev–Trinajstić information content (AvgIpc) is 3.10. The maximum absolute atomic E-state index is 14.2. The minimum absolute atomic E-state index is 0.112. The van der Waals surface area contributed by atoms with E-state index in [1.807, 2.05) is 31.2 Å². The topological polar surface area (TPSA) is 117 Å². The number of rotatable bonds is 6. The van der Waals surface area contributed by atoms with E-state index in [1.165, 1.54) is 41.7 Å². The number of carbonyl (C=O) groups is 2. The molecule has 52 heavy (non-hydrogen) atoms. The molecule has 272 valence electrons. The lowest BCUT2D eigenvalue weighted by molar-refractivity contribution is -0.113. The molecule has 6 rings (SSSR count). The van der Waals surface area contributed by atoms with Crippen molar-refractivity contribution in [2.75, 3.05) is 35.4 Å². The first-order valence-electron chi connectivity index (χ1n) is 15.5. The van der Waals surface area contributed by atoms with Gasteiger partial charge in [-0.25, -0.2) is 8.78 Å². The van der Waals surface area contributed by atoms with Crippen LogP contribution in [0.25, 0.3) is 11.1 Å². The highest BCUT2D eigenvalue weighted by Gasteiger charge is 2.21. The fraction of sp³-hybridized carbons (Fsp3) is 0.167. The third-order valence-electron chi connectivity index (χ3n) is 7.11. The SMILES string of the molecule is CC1=C(C(=O)Nc2ccccc2-c2ccc(Cl)cc2F)SCCO1.CC1=C(C(=O)Nc2ccccc2Br)SCCO1.OB(O)c1ccc(Cl)cc1F. The second kappa shape index (κ2) is 20.1. The number of amides is 2. The van der Waals surface area contributed by atoms with E-state index >= 15 is 0 Å². The van der Waals surface area contributed by atoms with E-state index in [4.69, 9.17) is 42.7 Å². The highest BCUT2D eigenvalue weighted by atomic mass is 79.9. The normalized spacial score (nSPS) is 13.7. The lowest BCUT2D eigenvalue weighted by Crippen LogP contribution is -2.32. The molecule has 16 heteroatoms. The lowest BCUT2D eigenvalue weighted by Gasteiger charge is -2.18. The van der Waals surface area contributed by atoms with Crippen molar-refractivity contribution < 1.29 is 37.9 Å². The summed E-state index contributed by atoms with van der Waals surface area (Å²) in [6.45, 7) is 4.86. The second-order valence-corrected chi connectivity index (χ2v) is 14.7. The smallest absolute Gasteiger partial charge is 0.491 e. The van der Waals surface area contributed by atoms with Crippen molar-refractivity contribution in [1.29, 1.82) is 0 Å². The van der Waals surface area contributed by atoms with Crippen molar-refractivity contribution in [3.8, 4) is 11.1 Å². The second-order valence-electron chi connectivity index (χ2n) is 10.8. The maximum Gasteiger partial charge on any atom is 0.491 e. The zero-order chi connectivity index (χ0) is 37.8. The Bertz CT molecular complexity index is 1990. The number of carbonyl (C=O) groups excluding carboxylic acids is 2. The van der Waals surface area contributed by atoms with E-state index in [1.54, 1.807) is 43.3 Å². The highest BCUT2D eigenvalue weighted by molar-refractivity contribution is 9.10. The number of benzene rings is 4. The van der Waals surface area contributed by atoms with Gasteiger partial charge in [0.2, 0.25) is 0 Å². The quantitative estimate of drug-likeness (QED) is 0.143. The van der Waals surface area contributed by atoms with Gasteiger partial charge < -0.3 is 30.2 Å². The number of anilines is 2. The van der Waals surface area contributed by atoms with Gasteiger partial charge in [0.05, 0.1) is 18.9 Å². The first kappa shape index (κ1) is 41.3. The van der Waals surface area contributed by atoms with Gasteiger partial charge in [-0.15, -0.1) is 23.5 Å². The number of hydrogen-bond acceptors (Lipinski definition) is 8. The van der Waals surface area contributed by atoms with Crippen LogP contribution in [-0.4, -0.2) is 53.7 Å². The predicted molar refractivity (Wildman–Crippen MR) is 212 cm³/mol. The summed E-state index contributed by atoms with van der Waals surface area (Å²) in [5.74, 6) is 1.34. The van der Waals surface area contributed by atoms with Crippen molar-refractivity contribution >= 4 is 98.4 Å². The summed E-state index contributed by atoms with van der Waals surface area (Å²) < 4.78 is 38.6. The zero-order valence-electron chi connectivity index (χ0n) is 27.7. The fourth-order valence-electron chi connectivity index (χ4n) is 4.63. The molecule has 0 saturated heterocycles. The van der Waals surface area contributed by atoms with E-state index < -0.39 is 18.8 Å². The maximum atomic E-state index is 14.2. The molecule has 0 spiro atoms. The third kappa shape index (κ3) is 11.8. The molecular weight excluding hydrogens is 820 g/mol. The minimum atomic E-state index is -1.78. The molecule has 0 radical (unpaired) electrons. The Labute approximate surface area is 327 Å². The molecule has 2 aliphatic rings. The number of ether oxygens (including phenoxy) is 2. The van der Waals surface area contributed by atoms with Crippen molar-refractivity contribution in [3.05, 3.63) is 132 Å². The van der Waals surface area contributed by atoms with Crippen molar-refractivity contribution in [2.45, 2.75) is 13.8 Å². The number of allylic oxidation sites excluding steroid dienone is 2. The molecule has 2 heterocycles. The standard InChI is InChI=1S/C18H15ClFNO2S.C12H12BrNO2S.C6H5BClFO2/c1-11-17(24-9-8-23-11)18(22)21-16-5-3-2-4-14(16)13-7-6-12(19)10-15(13)20;1-8-11(17-7-6-16-8)12(15)14-10-5-3-2-4-9(10)13;8-4-1-2-5(7(10)11)6(9)3-4/h2-7,10H,8-9H2,1H3,(H,21,22);2-5H,6-7H2,1H3,(H,14,15);1-3,10-11H. The molecule has 4 N–H and O–H groups in total. The van der Waals surface area contributed by atoms with Crippen LogP contribution in [0, 0.1) is 11.6 Å². The van der Waals surface area contributed by atoms with E-state index in [9.17, 15) is 18.4 Å². The van der Waals surface area contributed by atoms with E-state index in [2.05, 4.69) is 26.6 Å². The summed E-state index contributed by atoms with van der Waals surface area (Å²) >= 11 is 17.6. The van der Waals surface area contributed by atoms with E-state index in [0.717, 1.165) is 27.7 Å². The largest absolute Gasteiger partial charge is 0.496 e. The monoisotopic (exact) mass is 850 g/mol. The molecule has 0 saturated carbocycles. The van der Waals surface area contributed by atoms with Gasteiger partial charge in [0.1, 0.15) is 33.0 Å². The average molecular weight is 852 g/mol. The van der Waals surface area contributed by atoms with Crippen LogP contribution in [0.2, 0.25) is 10.0 Å². The molecule has 4 aromatic carbocycles. The van der Waals surface area contributed by atoms with Gasteiger partial charge in [-0.05, 0) is 78.3 Å². The zero-order valence-corrected chi connectivity index (χ0v) is 32.5. The Kier molecular flexibility index (Phi) is 15.9. The molecule has 2 aliphatic heterocycles. The molecule has 8 nitrogen and oxygen atoms in total. The van der Waals surface area contributed by atoms with Gasteiger partial charge in [0.25, 0.3) is 11.8 Å². The molecule has 2 amide bonds. The summed E-state index contributed by atoms with van der Waals surface area (Å²) in [6, 6.07) is 22.7. The van der Waals surface area contributed by atoms with Crippen LogP contribution in [0.1, 0.15) is 13.8 Å². The Balaban J connectivity index is 0.000000188. The molecule has 0 atom stereocenters. The van der Waals surface area contributed by atoms with Crippen LogP contribution in [0.5, 0.6) is 0 Å². The fourth-order valence-corrected chi connectivity index (χ4v) is 6.96. The molecule has 0 aliphatic carbocycles. The predicted octanol–water partition coefficient (Wildman–Crippen LogP) is 8.62. The van der Waals surface area contributed by atoms with Crippen LogP contribution >= 0.6 is 62.7 Å². The number of nitrogens with one attached hydrogen (secondary N) is 2. The van der Waals surface area contributed by atoms with Crippen LogP contribution < -0.4 is 16.1 Å². The molecule has 0 bridgehead atoms. The summed E-state index contributed by atoms with van der Waals surface area (Å²) in [5, 5.41) is 23.4. The van der Waals surface area contributed by atoms with Crippen molar-refractivity contribution in [2.24, 2.45) is 0 Å².